The number of hydrogen-bond donors (Lipinski definition) is 0. The van der Waals surface area contributed by atoms with Gasteiger partial charge in [0.1, 0.15) is 5.58 Å². The van der Waals surface area contributed by atoms with Crippen LogP contribution in [0.4, 0.5) is 0 Å². The van der Waals surface area contributed by atoms with E-state index in [2.05, 4.69) is 48.1 Å². The third kappa shape index (κ3) is 5.64. The molecule has 5 heteroatoms. The van der Waals surface area contributed by atoms with Crippen LogP contribution < -0.4 is 0 Å². The summed E-state index contributed by atoms with van der Waals surface area (Å²) in [5.41, 5.74) is 7.88. The smallest absolute Gasteiger partial charge is 0.130 e. The van der Waals surface area contributed by atoms with Crippen molar-refractivity contribution in [2.45, 2.75) is 13.8 Å². The monoisotopic (exact) mass is 724 g/mol. The van der Waals surface area contributed by atoms with Gasteiger partial charge >= 0.3 is 0 Å². The van der Waals surface area contributed by atoms with Crippen LogP contribution in [-0.4, -0.2) is 9.97 Å². The molecular weight excluding hydrogens is 695 g/mol. The van der Waals surface area contributed by atoms with E-state index in [1.54, 1.807) is 12.1 Å². The first-order chi connectivity index (χ1) is 21.8. The van der Waals surface area contributed by atoms with Gasteiger partial charge in [-0.25, -0.2) is 0 Å². The fourth-order valence-electron chi connectivity index (χ4n) is 4.64. The Kier molecular flexibility index (Phi) is 7.22. The molecule has 0 atom stereocenters. The minimum Gasteiger partial charge on any atom is -0.500 e. The molecule has 0 spiro atoms. The van der Waals surface area contributed by atoms with Crippen molar-refractivity contribution in [3.05, 3.63) is 144 Å². The van der Waals surface area contributed by atoms with Crippen LogP contribution in [0.2, 0.25) is 0 Å². The van der Waals surface area contributed by atoms with E-state index in [0.717, 1.165) is 27.6 Å². The van der Waals surface area contributed by atoms with E-state index in [1.807, 2.05) is 72.9 Å². The summed E-state index contributed by atoms with van der Waals surface area (Å²) in [4.78, 5) is 8.44. The van der Waals surface area contributed by atoms with Crippen LogP contribution in [-0.2, 0) is 20.1 Å². The first kappa shape index (κ1) is 23.8. The molecular formula is C37H25IrN3O-2. The largest absolute Gasteiger partial charge is 0.500 e. The van der Waals surface area contributed by atoms with Gasteiger partial charge in [0.25, 0.3) is 0 Å². The molecule has 0 N–H and O–H groups in total. The van der Waals surface area contributed by atoms with Crippen molar-refractivity contribution >= 4 is 21.9 Å². The molecule has 42 heavy (non-hydrogen) atoms. The SMILES string of the molecule is Cc1cnc(-c2[c-]cccc2)cc1C.[2H]c1nc(-c2[c-]ccc3c2oc2c(-c4ccccc4)c(C#N)ccc23)c([2H])c([2H])c1[2H].[Ir]. The number of aromatic nitrogens is 2. The molecule has 0 saturated carbocycles. The zero-order chi connectivity index (χ0) is 31.7. The molecule has 205 valence electrons. The Morgan fingerprint density at radius 1 is 0.810 bits per heavy atom. The van der Waals surface area contributed by atoms with E-state index in [9.17, 15) is 5.26 Å². The molecule has 3 aromatic heterocycles. The van der Waals surface area contributed by atoms with Gasteiger partial charge in [0, 0.05) is 43.4 Å². The molecule has 7 rings (SSSR count). The number of nitrogens with zero attached hydrogens (tertiary/aromatic N) is 3. The van der Waals surface area contributed by atoms with Crippen LogP contribution in [0.3, 0.4) is 0 Å². The predicted molar refractivity (Wildman–Crippen MR) is 164 cm³/mol. The molecule has 4 aromatic carbocycles. The normalized spacial score (nSPS) is 11.7. The maximum absolute atomic E-state index is 9.68. The van der Waals surface area contributed by atoms with E-state index in [0.29, 0.717) is 27.9 Å². The molecule has 0 amide bonds. The van der Waals surface area contributed by atoms with Crippen LogP contribution in [0, 0.1) is 37.3 Å². The van der Waals surface area contributed by atoms with E-state index >= 15 is 0 Å². The van der Waals surface area contributed by atoms with Crippen molar-refractivity contribution in [2.24, 2.45) is 0 Å². The minimum atomic E-state index is -0.393. The Labute approximate surface area is 264 Å². The number of benzene rings is 4. The van der Waals surface area contributed by atoms with Crippen LogP contribution in [0.1, 0.15) is 22.2 Å². The number of pyridine rings is 2. The van der Waals surface area contributed by atoms with Crippen LogP contribution in [0.25, 0.3) is 55.6 Å². The van der Waals surface area contributed by atoms with Crippen LogP contribution in [0.15, 0.2) is 120 Å². The number of aryl methyl sites for hydroxylation is 2. The summed E-state index contributed by atoms with van der Waals surface area (Å²) in [6.07, 6.45) is 1.53. The zero-order valence-electron chi connectivity index (χ0n) is 26.7. The standard InChI is InChI=1S/C24H13N2O.C13H12N.Ir/c25-15-17-12-13-19-18-9-6-10-20(21-11-4-5-14-26-21)23(18)27-24(19)22(17)16-7-2-1-3-8-16;1-10-8-13(14-9-11(10)2)12-6-4-3-5-7-12;/h1-9,11-14H;3-6,8-9H,1-2H3;/q2*-1;/i4D,5D,11D,14D;;. The molecule has 0 unspecified atom stereocenters. The molecule has 0 fully saturated rings. The minimum absolute atomic E-state index is 0. The Bertz CT molecular complexity index is 2250. The predicted octanol–water partition coefficient (Wildman–Crippen LogP) is 9.15. The van der Waals surface area contributed by atoms with Gasteiger partial charge in [-0.05, 0) is 48.5 Å². The van der Waals surface area contributed by atoms with E-state index in [1.165, 1.54) is 11.1 Å². The van der Waals surface area contributed by atoms with Gasteiger partial charge in [-0.2, -0.15) is 5.26 Å². The Morgan fingerprint density at radius 2 is 1.62 bits per heavy atom. The number of hydrogen-bond acceptors (Lipinski definition) is 4. The van der Waals surface area contributed by atoms with Gasteiger partial charge in [0.05, 0.1) is 22.7 Å². The first-order valence-electron chi connectivity index (χ1n) is 15.0. The molecule has 0 aliphatic heterocycles. The summed E-state index contributed by atoms with van der Waals surface area (Å²) in [5.74, 6) is 0. The molecule has 0 saturated heterocycles. The number of rotatable bonds is 3. The fourth-order valence-corrected chi connectivity index (χ4v) is 4.64. The van der Waals surface area contributed by atoms with E-state index < -0.39 is 6.04 Å². The van der Waals surface area contributed by atoms with Crippen molar-refractivity contribution in [1.29, 1.82) is 5.26 Å². The fraction of sp³-hybridized carbons (Fsp3) is 0.0541. The average Bonchev–Trinajstić information content (AvgIpc) is 3.46. The Hall–Kier alpha value is -4.88. The zero-order valence-corrected chi connectivity index (χ0v) is 25.1. The molecule has 4 nitrogen and oxygen atoms in total. The second-order valence-corrected chi connectivity index (χ2v) is 9.42. The Balaban J connectivity index is 0.000000234. The van der Waals surface area contributed by atoms with Crippen LogP contribution in [0.5, 0.6) is 0 Å². The molecule has 0 aliphatic carbocycles. The van der Waals surface area contributed by atoms with Crippen LogP contribution >= 0.6 is 0 Å². The molecule has 3 heterocycles. The van der Waals surface area contributed by atoms with Crippen molar-refractivity contribution in [3.63, 3.8) is 0 Å². The molecule has 7 aromatic rings. The number of nitriles is 1. The molecule has 1 radical (unpaired) electrons. The third-order valence-electron chi connectivity index (χ3n) is 6.85. The molecule has 0 aliphatic rings. The molecule has 0 bridgehead atoms. The first-order valence-corrected chi connectivity index (χ1v) is 13.0. The quantitative estimate of drug-likeness (QED) is 0.171. The third-order valence-corrected chi connectivity index (χ3v) is 6.85. The summed E-state index contributed by atoms with van der Waals surface area (Å²) in [6.45, 7) is 4.17. The summed E-state index contributed by atoms with van der Waals surface area (Å²) in [5, 5.41) is 11.2. The maximum atomic E-state index is 9.68. The second-order valence-electron chi connectivity index (χ2n) is 9.42. The topological polar surface area (TPSA) is 62.7 Å². The Morgan fingerprint density at radius 3 is 2.38 bits per heavy atom. The summed E-state index contributed by atoms with van der Waals surface area (Å²) < 4.78 is 38.1. The number of fused-ring (bicyclic) bond motifs is 3. The maximum Gasteiger partial charge on any atom is 0.130 e. The van der Waals surface area contributed by atoms with Crippen molar-refractivity contribution in [2.75, 3.05) is 0 Å². The summed E-state index contributed by atoms with van der Waals surface area (Å²) >= 11 is 0. The van der Waals surface area contributed by atoms with Gasteiger partial charge in [-0.3, -0.25) is 0 Å². The van der Waals surface area contributed by atoms with Gasteiger partial charge in [-0.1, -0.05) is 71.1 Å². The average molecular weight is 724 g/mol. The van der Waals surface area contributed by atoms with Gasteiger partial charge in [0.15, 0.2) is 0 Å². The summed E-state index contributed by atoms with van der Waals surface area (Å²) in [6, 6.07) is 34.0. The number of furan rings is 1. The van der Waals surface area contributed by atoms with Gasteiger partial charge in [-0.15, -0.1) is 54.1 Å². The van der Waals surface area contributed by atoms with Gasteiger partial charge in [0.2, 0.25) is 0 Å². The summed E-state index contributed by atoms with van der Waals surface area (Å²) in [7, 11) is 0. The van der Waals surface area contributed by atoms with Crippen molar-refractivity contribution < 1.29 is 30.0 Å². The van der Waals surface area contributed by atoms with Crippen molar-refractivity contribution in [3.8, 4) is 39.7 Å². The van der Waals surface area contributed by atoms with E-state index in [4.69, 9.17) is 9.90 Å². The van der Waals surface area contributed by atoms with Crippen molar-refractivity contribution in [1.82, 2.24) is 9.97 Å². The van der Waals surface area contributed by atoms with E-state index in [-0.39, 0.29) is 44.1 Å². The van der Waals surface area contributed by atoms with Gasteiger partial charge < -0.3 is 14.4 Å². The second kappa shape index (κ2) is 12.7.